The summed E-state index contributed by atoms with van der Waals surface area (Å²) < 4.78 is 13.1. The predicted molar refractivity (Wildman–Crippen MR) is 116 cm³/mol. The third-order valence-electron chi connectivity index (χ3n) is 5.30. The highest BCUT2D eigenvalue weighted by molar-refractivity contribution is 6.31. The van der Waals surface area contributed by atoms with E-state index in [1.54, 1.807) is 17.0 Å². The monoisotopic (exact) mass is 445 g/mol. The Morgan fingerprint density at radius 1 is 1.10 bits per heavy atom. The number of nitrogens with one attached hydrogen (secondary N) is 2. The van der Waals surface area contributed by atoms with E-state index in [0.717, 1.165) is 5.56 Å². The molecular weight excluding hydrogens is 421 g/mol. The third kappa shape index (κ3) is 6.28. The van der Waals surface area contributed by atoms with E-state index >= 15 is 0 Å². The first-order valence-electron chi connectivity index (χ1n) is 10.2. The van der Waals surface area contributed by atoms with Gasteiger partial charge >= 0.3 is 0 Å². The van der Waals surface area contributed by atoms with Crippen LogP contribution in [0.2, 0.25) is 5.02 Å². The summed E-state index contributed by atoms with van der Waals surface area (Å²) in [5.74, 6) is -1.12. The second-order valence-corrected chi connectivity index (χ2v) is 8.04. The second kappa shape index (κ2) is 10.4. The number of carbonyl (C=O) groups is 3. The highest BCUT2D eigenvalue weighted by atomic mass is 35.5. The molecule has 0 radical (unpaired) electrons. The molecule has 164 valence electrons. The van der Waals surface area contributed by atoms with E-state index in [1.807, 2.05) is 12.1 Å². The molecule has 3 amide bonds. The molecule has 1 aliphatic rings. The van der Waals surface area contributed by atoms with Gasteiger partial charge in [-0.15, -0.1) is 0 Å². The molecule has 2 aromatic rings. The van der Waals surface area contributed by atoms with Crippen LogP contribution in [-0.2, 0) is 16.0 Å². The zero-order valence-electron chi connectivity index (χ0n) is 17.2. The number of halogens is 2. The van der Waals surface area contributed by atoms with E-state index in [-0.39, 0.29) is 36.0 Å². The van der Waals surface area contributed by atoms with Crippen molar-refractivity contribution >= 4 is 29.3 Å². The Morgan fingerprint density at radius 2 is 1.74 bits per heavy atom. The lowest BCUT2D eigenvalue weighted by Gasteiger charge is -2.33. The summed E-state index contributed by atoms with van der Waals surface area (Å²) in [6.45, 7) is 2.33. The summed E-state index contributed by atoms with van der Waals surface area (Å²) >= 11 is 6.20. The lowest BCUT2D eigenvalue weighted by atomic mass is 10.0. The summed E-state index contributed by atoms with van der Waals surface area (Å²) in [6.07, 6.45) is 1.47. The van der Waals surface area contributed by atoms with Crippen molar-refractivity contribution in [1.29, 1.82) is 0 Å². The molecule has 1 saturated heterocycles. The molecule has 1 heterocycles. The molecule has 0 saturated carbocycles. The van der Waals surface area contributed by atoms with Gasteiger partial charge in [-0.3, -0.25) is 14.4 Å². The van der Waals surface area contributed by atoms with Crippen LogP contribution in [0.25, 0.3) is 0 Å². The number of amides is 3. The summed E-state index contributed by atoms with van der Waals surface area (Å²) in [4.78, 5) is 38.7. The smallest absolute Gasteiger partial charge is 0.253 e. The average molecular weight is 446 g/mol. The summed E-state index contributed by atoms with van der Waals surface area (Å²) in [6, 6.07) is 11.8. The standard InChI is InChI=1S/C23H25ClFN3O3/c1-15(29)26-21(14-17-4-2-3-5-20(17)24)22(30)27-19-10-12-28(13-11-19)23(31)16-6-8-18(25)9-7-16/h2-9,19,21H,10-14H2,1H3,(H,26,29)(H,27,30). The lowest BCUT2D eigenvalue weighted by molar-refractivity contribution is -0.128. The molecule has 0 aromatic heterocycles. The van der Waals surface area contributed by atoms with Gasteiger partial charge in [0.25, 0.3) is 5.91 Å². The normalized spacial score (nSPS) is 15.3. The van der Waals surface area contributed by atoms with E-state index < -0.39 is 6.04 Å². The molecular formula is C23H25ClFN3O3. The number of benzene rings is 2. The summed E-state index contributed by atoms with van der Waals surface area (Å²) in [5.41, 5.74) is 1.21. The Morgan fingerprint density at radius 3 is 2.35 bits per heavy atom. The molecule has 1 fully saturated rings. The van der Waals surface area contributed by atoms with Crippen molar-refractivity contribution in [3.05, 3.63) is 70.5 Å². The average Bonchev–Trinajstić information content (AvgIpc) is 2.75. The zero-order chi connectivity index (χ0) is 22.4. The quantitative estimate of drug-likeness (QED) is 0.717. The van der Waals surface area contributed by atoms with E-state index in [4.69, 9.17) is 11.6 Å². The summed E-state index contributed by atoms with van der Waals surface area (Å²) in [7, 11) is 0. The van der Waals surface area contributed by atoms with Crippen molar-refractivity contribution in [3.8, 4) is 0 Å². The van der Waals surface area contributed by atoms with Crippen LogP contribution < -0.4 is 10.6 Å². The van der Waals surface area contributed by atoms with Crippen LogP contribution in [0, 0.1) is 5.82 Å². The number of likely N-dealkylation sites (tertiary alicyclic amines) is 1. The maximum atomic E-state index is 13.1. The van der Waals surface area contributed by atoms with E-state index in [2.05, 4.69) is 10.6 Å². The minimum atomic E-state index is -0.740. The molecule has 0 spiro atoms. The van der Waals surface area contributed by atoms with Crippen LogP contribution in [0.4, 0.5) is 4.39 Å². The van der Waals surface area contributed by atoms with Crippen molar-refractivity contribution in [2.24, 2.45) is 0 Å². The Labute approximate surface area is 185 Å². The molecule has 2 N–H and O–H groups in total. The van der Waals surface area contributed by atoms with Gasteiger partial charge in [0.2, 0.25) is 11.8 Å². The molecule has 1 aliphatic heterocycles. The second-order valence-electron chi connectivity index (χ2n) is 7.63. The van der Waals surface area contributed by atoms with Crippen LogP contribution in [0.15, 0.2) is 48.5 Å². The van der Waals surface area contributed by atoms with Gasteiger partial charge < -0.3 is 15.5 Å². The maximum Gasteiger partial charge on any atom is 0.253 e. The molecule has 2 aromatic carbocycles. The molecule has 1 unspecified atom stereocenters. The zero-order valence-corrected chi connectivity index (χ0v) is 18.0. The predicted octanol–water partition coefficient (Wildman–Crippen LogP) is 2.95. The van der Waals surface area contributed by atoms with Crippen molar-refractivity contribution in [3.63, 3.8) is 0 Å². The SMILES string of the molecule is CC(=O)NC(Cc1ccccc1Cl)C(=O)NC1CCN(C(=O)c2ccc(F)cc2)CC1. The van der Waals surface area contributed by atoms with Gasteiger partial charge in [0.05, 0.1) is 0 Å². The van der Waals surface area contributed by atoms with Crippen molar-refractivity contribution in [1.82, 2.24) is 15.5 Å². The number of hydrogen-bond acceptors (Lipinski definition) is 3. The van der Waals surface area contributed by atoms with E-state index in [1.165, 1.54) is 31.2 Å². The number of carbonyl (C=O) groups excluding carboxylic acids is 3. The first-order valence-corrected chi connectivity index (χ1v) is 10.6. The van der Waals surface area contributed by atoms with Gasteiger partial charge in [-0.2, -0.15) is 0 Å². The summed E-state index contributed by atoms with van der Waals surface area (Å²) in [5, 5.41) is 6.22. The van der Waals surface area contributed by atoms with Gasteiger partial charge in [-0.1, -0.05) is 29.8 Å². The van der Waals surface area contributed by atoms with Gasteiger partial charge in [0, 0.05) is 43.1 Å². The van der Waals surface area contributed by atoms with E-state index in [9.17, 15) is 18.8 Å². The van der Waals surface area contributed by atoms with Gasteiger partial charge in [0.1, 0.15) is 11.9 Å². The molecule has 6 nitrogen and oxygen atoms in total. The maximum absolute atomic E-state index is 13.1. The topological polar surface area (TPSA) is 78.5 Å². The Kier molecular flexibility index (Phi) is 7.63. The van der Waals surface area contributed by atoms with Crippen LogP contribution in [0.5, 0.6) is 0 Å². The number of rotatable bonds is 6. The molecule has 31 heavy (non-hydrogen) atoms. The fraction of sp³-hybridized carbons (Fsp3) is 0.348. The van der Waals surface area contributed by atoms with Crippen LogP contribution in [0.3, 0.4) is 0 Å². The van der Waals surface area contributed by atoms with Crippen molar-refractivity contribution in [2.45, 2.75) is 38.3 Å². The third-order valence-corrected chi connectivity index (χ3v) is 5.66. The molecule has 3 rings (SSSR count). The molecule has 8 heteroatoms. The first kappa shape index (κ1) is 22.7. The Hall–Kier alpha value is -2.93. The molecule has 0 bridgehead atoms. The lowest BCUT2D eigenvalue weighted by Crippen LogP contribution is -2.53. The van der Waals surface area contributed by atoms with Gasteiger partial charge in [-0.25, -0.2) is 4.39 Å². The minimum Gasteiger partial charge on any atom is -0.351 e. The van der Waals surface area contributed by atoms with Gasteiger partial charge in [-0.05, 0) is 48.7 Å². The van der Waals surface area contributed by atoms with E-state index in [0.29, 0.717) is 36.5 Å². The van der Waals surface area contributed by atoms with Crippen molar-refractivity contribution < 1.29 is 18.8 Å². The highest BCUT2D eigenvalue weighted by Crippen LogP contribution is 2.18. The Bertz CT molecular complexity index is 943. The largest absolute Gasteiger partial charge is 0.351 e. The van der Waals surface area contributed by atoms with Crippen LogP contribution in [0.1, 0.15) is 35.7 Å². The number of hydrogen-bond donors (Lipinski definition) is 2. The molecule has 0 aliphatic carbocycles. The van der Waals surface area contributed by atoms with Crippen LogP contribution >= 0.6 is 11.6 Å². The number of piperidine rings is 1. The fourth-order valence-corrected chi connectivity index (χ4v) is 3.86. The van der Waals surface area contributed by atoms with Crippen LogP contribution in [-0.4, -0.2) is 47.8 Å². The number of nitrogens with zero attached hydrogens (tertiary/aromatic N) is 1. The first-order chi connectivity index (χ1) is 14.8. The minimum absolute atomic E-state index is 0.104. The molecule has 1 atom stereocenters. The fourth-order valence-electron chi connectivity index (χ4n) is 3.64. The Balaban J connectivity index is 1.56. The van der Waals surface area contributed by atoms with Crippen molar-refractivity contribution in [2.75, 3.05) is 13.1 Å². The van der Waals surface area contributed by atoms with Gasteiger partial charge in [0.15, 0.2) is 0 Å². The highest BCUT2D eigenvalue weighted by Gasteiger charge is 2.28.